The number of nitro groups is 1. The smallest absolute Gasteiger partial charge is 0.282 e. The molecule has 0 saturated carbocycles. The van der Waals surface area contributed by atoms with Gasteiger partial charge in [0.05, 0.1) is 22.0 Å². The third kappa shape index (κ3) is 4.86. The number of non-ortho nitro benzene ring substituents is 1. The second kappa shape index (κ2) is 9.92. The molecule has 1 heterocycles. The molecule has 34 heavy (non-hydrogen) atoms. The van der Waals surface area contributed by atoms with Gasteiger partial charge in [-0.1, -0.05) is 41.1 Å². The lowest BCUT2D eigenvalue weighted by Crippen LogP contribution is -2.22. The number of ether oxygens (including phenoxy) is 1. The van der Waals surface area contributed by atoms with E-state index in [-0.39, 0.29) is 29.2 Å². The molecule has 4 rings (SSSR count). The Morgan fingerprint density at radius 2 is 2.00 bits per heavy atom. The summed E-state index contributed by atoms with van der Waals surface area (Å²) in [5, 5.41) is 16.0. The van der Waals surface area contributed by atoms with Gasteiger partial charge in [0.1, 0.15) is 24.0 Å². The van der Waals surface area contributed by atoms with Crippen molar-refractivity contribution in [1.82, 2.24) is 9.66 Å². The van der Waals surface area contributed by atoms with Gasteiger partial charge < -0.3 is 4.74 Å². The van der Waals surface area contributed by atoms with Crippen LogP contribution in [0.1, 0.15) is 23.9 Å². The zero-order valence-electron chi connectivity index (χ0n) is 17.9. The van der Waals surface area contributed by atoms with Gasteiger partial charge in [0.25, 0.3) is 11.2 Å². The van der Waals surface area contributed by atoms with Crippen LogP contribution in [-0.4, -0.2) is 20.8 Å². The summed E-state index contributed by atoms with van der Waals surface area (Å²) in [4.78, 5) is 28.4. The highest BCUT2D eigenvalue weighted by atomic mass is 79.9. The molecule has 10 heteroatoms. The van der Waals surface area contributed by atoms with Gasteiger partial charge in [-0.15, -0.1) is 0 Å². The Balaban J connectivity index is 1.76. The van der Waals surface area contributed by atoms with E-state index < -0.39 is 10.7 Å². The third-order valence-electron chi connectivity index (χ3n) is 5.05. The number of halogens is 2. The fourth-order valence-corrected chi connectivity index (χ4v) is 3.68. The Labute approximate surface area is 201 Å². The molecule has 0 unspecified atom stereocenters. The maximum atomic E-state index is 14.0. The lowest BCUT2D eigenvalue weighted by Gasteiger charge is -2.11. The summed E-state index contributed by atoms with van der Waals surface area (Å²) >= 11 is 3.35. The number of hydrogen-bond donors (Lipinski definition) is 0. The van der Waals surface area contributed by atoms with E-state index in [0.29, 0.717) is 28.7 Å². The summed E-state index contributed by atoms with van der Waals surface area (Å²) in [6.07, 6.45) is 1.74. The van der Waals surface area contributed by atoms with E-state index >= 15 is 0 Å². The first-order valence-electron chi connectivity index (χ1n) is 10.3. The molecule has 0 fully saturated rings. The number of benzene rings is 3. The van der Waals surface area contributed by atoms with Crippen molar-refractivity contribution < 1.29 is 14.1 Å². The molecule has 0 radical (unpaired) electrons. The van der Waals surface area contributed by atoms with Gasteiger partial charge in [-0.25, -0.2) is 9.37 Å². The van der Waals surface area contributed by atoms with Gasteiger partial charge in [0, 0.05) is 34.2 Å². The van der Waals surface area contributed by atoms with Crippen LogP contribution in [0, 0.1) is 15.9 Å². The molecule has 1 aromatic heterocycles. The third-order valence-corrected chi connectivity index (χ3v) is 5.54. The SMILES string of the molecule is CCc1nc2ccc(Br)cc2c(=O)n1N=Cc1cc([N+](=O)[O-])ccc1OCc1ccccc1F. The summed E-state index contributed by atoms with van der Waals surface area (Å²) in [5.74, 6) is 0.252. The number of nitro benzene ring substituents is 1. The summed E-state index contributed by atoms with van der Waals surface area (Å²) in [6, 6.07) is 15.3. The zero-order chi connectivity index (χ0) is 24.2. The van der Waals surface area contributed by atoms with Gasteiger partial charge in [-0.2, -0.15) is 9.78 Å². The molecule has 0 aliphatic carbocycles. The van der Waals surface area contributed by atoms with Crippen molar-refractivity contribution in [2.24, 2.45) is 5.10 Å². The van der Waals surface area contributed by atoms with E-state index in [1.54, 1.807) is 36.4 Å². The van der Waals surface area contributed by atoms with Crippen LogP contribution in [0.25, 0.3) is 10.9 Å². The minimum Gasteiger partial charge on any atom is -0.488 e. The molecule has 0 atom stereocenters. The van der Waals surface area contributed by atoms with E-state index in [0.717, 1.165) is 9.15 Å². The maximum Gasteiger partial charge on any atom is 0.282 e. The highest BCUT2D eigenvalue weighted by molar-refractivity contribution is 9.10. The Morgan fingerprint density at radius 1 is 1.21 bits per heavy atom. The highest BCUT2D eigenvalue weighted by Gasteiger charge is 2.14. The van der Waals surface area contributed by atoms with Crippen LogP contribution in [-0.2, 0) is 13.0 Å². The molecule has 3 aromatic carbocycles. The molecule has 0 amide bonds. The number of fused-ring (bicyclic) bond motifs is 1. The number of rotatable bonds is 7. The molecular formula is C24H18BrFN4O4. The average Bonchev–Trinajstić information content (AvgIpc) is 2.83. The second-order valence-corrected chi connectivity index (χ2v) is 8.18. The van der Waals surface area contributed by atoms with Crippen molar-refractivity contribution in [3.05, 3.63) is 108 Å². The van der Waals surface area contributed by atoms with E-state index in [1.165, 1.54) is 30.5 Å². The van der Waals surface area contributed by atoms with Gasteiger partial charge in [0.2, 0.25) is 0 Å². The Bertz CT molecular complexity index is 1490. The minimum atomic E-state index is -0.545. The fourth-order valence-electron chi connectivity index (χ4n) is 3.32. The normalized spacial score (nSPS) is 11.3. The van der Waals surface area contributed by atoms with Crippen molar-refractivity contribution in [2.75, 3.05) is 0 Å². The van der Waals surface area contributed by atoms with Crippen LogP contribution in [0.15, 0.2) is 75.0 Å². The average molecular weight is 525 g/mol. The molecule has 0 aliphatic heterocycles. The van der Waals surface area contributed by atoms with Crippen LogP contribution in [0.2, 0.25) is 0 Å². The fraction of sp³-hybridized carbons (Fsp3) is 0.125. The van der Waals surface area contributed by atoms with Crippen LogP contribution < -0.4 is 10.3 Å². The predicted molar refractivity (Wildman–Crippen MR) is 130 cm³/mol. The first-order valence-corrected chi connectivity index (χ1v) is 11.1. The number of aryl methyl sites for hydroxylation is 1. The van der Waals surface area contributed by atoms with Gasteiger partial charge >= 0.3 is 0 Å². The monoisotopic (exact) mass is 524 g/mol. The number of hydrogen-bond acceptors (Lipinski definition) is 6. The summed E-state index contributed by atoms with van der Waals surface area (Å²) in [5.41, 5.74) is 0.578. The molecule has 0 N–H and O–H groups in total. The topological polar surface area (TPSA) is 99.6 Å². The van der Waals surface area contributed by atoms with Crippen LogP contribution in [0.5, 0.6) is 5.75 Å². The van der Waals surface area contributed by atoms with Crippen LogP contribution >= 0.6 is 15.9 Å². The first kappa shape index (κ1) is 23.2. The predicted octanol–water partition coefficient (Wildman–Crippen LogP) is 5.23. The van der Waals surface area contributed by atoms with E-state index in [1.807, 2.05) is 6.92 Å². The molecule has 8 nitrogen and oxygen atoms in total. The lowest BCUT2D eigenvalue weighted by atomic mass is 10.2. The van der Waals surface area contributed by atoms with Crippen molar-refractivity contribution in [2.45, 2.75) is 20.0 Å². The highest BCUT2D eigenvalue weighted by Crippen LogP contribution is 2.24. The molecule has 4 aromatic rings. The van der Waals surface area contributed by atoms with Crippen LogP contribution in [0.4, 0.5) is 10.1 Å². The largest absolute Gasteiger partial charge is 0.488 e. The molecule has 0 spiro atoms. The van der Waals surface area contributed by atoms with Gasteiger partial charge in [-0.3, -0.25) is 14.9 Å². The number of aromatic nitrogens is 2. The van der Waals surface area contributed by atoms with Crippen molar-refractivity contribution in [3.63, 3.8) is 0 Å². The molecule has 0 aliphatic rings. The second-order valence-electron chi connectivity index (χ2n) is 7.26. The number of nitrogens with zero attached hydrogens (tertiary/aromatic N) is 4. The van der Waals surface area contributed by atoms with Crippen molar-refractivity contribution in [1.29, 1.82) is 0 Å². The molecular weight excluding hydrogens is 507 g/mol. The van der Waals surface area contributed by atoms with Gasteiger partial charge in [-0.05, 0) is 30.3 Å². The maximum absolute atomic E-state index is 14.0. The van der Waals surface area contributed by atoms with Crippen LogP contribution in [0.3, 0.4) is 0 Å². The summed E-state index contributed by atoms with van der Waals surface area (Å²) < 4.78 is 21.6. The minimum absolute atomic E-state index is 0.0863. The Hall–Kier alpha value is -3.92. The molecule has 0 bridgehead atoms. The summed E-state index contributed by atoms with van der Waals surface area (Å²) in [7, 11) is 0. The summed E-state index contributed by atoms with van der Waals surface area (Å²) in [6.45, 7) is 1.76. The molecule has 172 valence electrons. The quantitative estimate of drug-likeness (QED) is 0.187. The van der Waals surface area contributed by atoms with E-state index in [9.17, 15) is 19.3 Å². The zero-order valence-corrected chi connectivity index (χ0v) is 19.5. The Morgan fingerprint density at radius 3 is 2.74 bits per heavy atom. The first-order chi connectivity index (χ1) is 16.4. The van der Waals surface area contributed by atoms with Crippen molar-refractivity contribution >= 4 is 38.7 Å². The van der Waals surface area contributed by atoms with E-state index in [2.05, 4.69) is 26.0 Å². The van der Waals surface area contributed by atoms with Crippen molar-refractivity contribution in [3.8, 4) is 5.75 Å². The molecule has 0 saturated heterocycles. The lowest BCUT2D eigenvalue weighted by molar-refractivity contribution is -0.384. The Kier molecular flexibility index (Phi) is 6.78. The van der Waals surface area contributed by atoms with Gasteiger partial charge in [0.15, 0.2) is 0 Å². The van der Waals surface area contributed by atoms with E-state index in [4.69, 9.17) is 4.74 Å². The standard InChI is InChI=1S/C24H18BrFN4O4/c1-2-23-28-21-9-7-17(25)12-19(21)24(31)29(23)27-13-16-11-18(30(32)33)8-10-22(16)34-14-15-5-3-4-6-20(15)26/h3-13H,2,14H2,1H3.